The highest BCUT2D eigenvalue weighted by molar-refractivity contribution is 6.31. The van der Waals surface area contributed by atoms with Gasteiger partial charge in [-0.3, -0.25) is 9.79 Å². The van der Waals surface area contributed by atoms with E-state index in [1.807, 2.05) is 19.0 Å². The highest BCUT2D eigenvalue weighted by Crippen LogP contribution is 2.35. The van der Waals surface area contributed by atoms with Crippen molar-refractivity contribution in [3.05, 3.63) is 80.1 Å². The van der Waals surface area contributed by atoms with Crippen molar-refractivity contribution in [2.45, 2.75) is 31.4 Å². The van der Waals surface area contributed by atoms with Gasteiger partial charge in [-0.2, -0.15) is 17.9 Å². The van der Waals surface area contributed by atoms with Gasteiger partial charge in [-0.05, 0) is 81.7 Å². The quantitative estimate of drug-likeness (QED) is 0.385. The van der Waals surface area contributed by atoms with Gasteiger partial charge < -0.3 is 10.1 Å². The Balaban J connectivity index is 1.80. The van der Waals surface area contributed by atoms with Gasteiger partial charge in [0.25, 0.3) is 0 Å². The van der Waals surface area contributed by atoms with Gasteiger partial charge in [0.1, 0.15) is 0 Å². The molecule has 0 amide bonds. The molecular weight excluding hydrogens is 467 g/mol. The van der Waals surface area contributed by atoms with Gasteiger partial charge in [0.15, 0.2) is 5.43 Å². The monoisotopic (exact) mass is 491 g/mol. The number of aliphatic imine (C=N–C) groups is 1. The predicted octanol–water partition coefficient (Wildman–Crippen LogP) is 5.38. The van der Waals surface area contributed by atoms with E-state index < -0.39 is 11.7 Å². The molecule has 34 heavy (non-hydrogen) atoms. The van der Waals surface area contributed by atoms with E-state index in [0.29, 0.717) is 57.8 Å². The Hall–Kier alpha value is -2.84. The summed E-state index contributed by atoms with van der Waals surface area (Å²) in [5.41, 5.74) is 1.37. The third-order valence-corrected chi connectivity index (χ3v) is 6.38. The van der Waals surface area contributed by atoms with Crippen molar-refractivity contribution < 1.29 is 18.4 Å². The van der Waals surface area contributed by atoms with Crippen molar-refractivity contribution in [2.75, 3.05) is 27.2 Å². The fraction of sp³-hybridized carbons (Fsp3) is 0.360. The number of pyridine rings is 1. The molecular formula is C25H25ClF3N3O2. The molecule has 0 bridgehead atoms. The summed E-state index contributed by atoms with van der Waals surface area (Å²) < 4.78 is 40.1. The molecule has 1 aliphatic carbocycles. The fourth-order valence-electron chi connectivity index (χ4n) is 4.44. The fourth-order valence-corrected chi connectivity index (χ4v) is 4.62. The number of benzene rings is 2. The molecule has 0 aliphatic heterocycles. The minimum absolute atomic E-state index is 0.232. The Morgan fingerprint density at radius 2 is 1.85 bits per heavy atom. The van der Waals surface area contributed by atoms with Gasteiger partial charge >= 0.3 is 6.18 Å². The molecule has 2 aromatic carbocycles. The summed E-state index contributed by atoms with van der Waals surface area (Å²) in [7, 11) is 3.92. The summed E-state index contributed by atoms with van der Waals surface area (Å²) in [6.07, 6.45) is -2.95. The number of alkyl halides is 3. The zero-order valence-electron chi connectivity index (χ0n) is 18.9. The van der Waals surface area contributed by atoms with Crippen LogP contribution in [0.25, 0.3) is 10.9 Å². The van der Waals surface area contributed by atoms with E-state index in [9.17, 15) is 23.2 Å². The first-order chi connectivity index (χ1) is 16.1. The van der Waals surface area contributed by atoms with E-state index in [2.05, 4.69) is 0 Å². The van der Waals surface area contributed by atoms with E-state index in [0.717, 1.165) is 29.8 Å². The van der Waals surface area contributed by atoms with Crippen LogP contribution in [0.15, 0.2) is 52.3 Å². The lowest BCUT2D eigenvalue weighted by atomic mass is 9.80. The second-order valence-electron chi connectivity index (χ2n) is 8.83. The minimum atomic E-state index is -4.41. The maximum Gasteiger partial charge on any atom is 0.416 e. The zero-order chi connectivity index (χ0) is 24.6. The van der Waals surface area contributed by atoms with Crippen molar-refractivity contribution >= 4 is 28.2 Å². The maximum atomic E-state index is 13.4. The van der Waals surface area contributed by atoms with E-state index in [4.69, 9.17) is 16.6 Å². The molecule has 1 heterocycles. The average molecular weight is 492 g/mol. The second kappa shape index (κ2) is 9.43. The van der Waals surface area contributed by atoms with Crippen LogP contribution in [0.5, 0.6) is 0 Å². The van der Waals surface area contributed by atoms with Crippen LogP contribution in [0.2, 0.25) is 5.02 Å². The van der Waals surface area contributed by atoms with Crippen LogP contribution in [0, 0.1) is 0 Å². The van der Waals surface area contributed by atoms with Crippen molar-refractivity contribution in [1.29, 1.82) is 0 Å². The van der Waals surface area contributed by atoms with E-state index in [1.165, 1.54) is 18.2 Å². The Bertz CT molecular complexity index is 1300. The number of halogens is 4. The number of hydrogen-bond donors (Lipinski definition) is 1. The Morgan fingerprint density at radius 3 is 2.50 bits per heavy atom. The molecule has 1 N–H and O–H groups in total. The van der Waals surface area contributed by atoms with Crippen LogP contribution in [0.3, 0.4) is 0 Å². The first-order valence-electron chi connectivity index (χ1n) is 11.0. The number of fused-ring (bicyclic) bond motifs is 2. The van der Waals surface area contributed by atoms with Crippen molar-refractivity contribution in [3.8, 4) is 0 Å². The molecule has 0 saturated heterocycles. The third kappa shape index (κ3) is 4.83. The molecule has 0 spiro atoms. The van der Waals surface area contributed by atoms with Gasteiger partial charge in [-0.15, -0.1) is 0 Å². The smallest absolute Gasteiger partial charge is 0.416 e. The summed E-state index contributed by atoms with van der Waals surface area (Å²) >= 11 is 6.10. The average Bonchev–Trinajstić information content (AvgIpc) is 2.79. The van der Waals surface area contributed by atoms with Gasteiger partial charge in [-0.1, -0.05) is 23.7 Å². The first kappa shape index (κ1) is 24.3. The van der Waals surface area contributed by atoms with Crippen molar-refractivity contribution in [1.82, 2.24) is 9.63 Å². The van der Waals surface area contributed by atoms with Gasteiger partial charge in [0.2, 0.25) is 0 Å². The Morgan fingerprint density at radius 1 is 1.15 bits per heavy atom. The molecule has 0 radical (unpaired) electrons. The molecule has 0 saturated carbocycles. The molecule has 180 valence electrons. The Labute approximate surface area is 200 Å². The van der Waals surface area contributed by atoms with Crippen molar-refractivity contribution in [2.24, 2.45) is 4.99 Å². The van der Waals surface area contributed by atoms with Gasteiger partial charge in [-0.25, -0.2) is 0 Å². The molecule has 1 atom stereocenters. The van der Waals surface area contributed by atoms with Crippen LogP contribution < -0.4 is 5.43 Å². The predicted molar refractivity (Wildman–Crippen MR) is 127 cm³/mol. The minimum Gasteiger partial charge on any atom is -0.428 e. The van der Waals surface area contributed by atoms with Crippen LogP contribution in [-0.4, -0.2) is 47.7 Å². The highest BCUT2D eigenvalue weighted by Gasteiger charge is 2.33. The summed E-state index contributed by atoms with van der Waals surface area (Å²) in [5, 5.41) is 11.7. The van der Waals surface area contributed by atoms with E-state index in [1.54, 1.807) is 12.1 Å². The highest BCUT2D eigenvalue weighted by atomic mass is 35.5. The first-order valence-corrected chi connectivity index (χ1v) is 11.4. The normalized spacial score (nSPS) is 17.5. The standard InChI is InChI=1S/C25H25ClF3N3O2/c1-31(2)11-3-10-30-20-12-16(15-4-6-17(7-5-15)25(27,28)29)13-22-23(20)24(33)19-14-18(26)8-9-21(19)32(22)34/h4-9,14,16,34H,3,10-13H2,1-2H3. The number of hydrogen-bond acceptors (Lipinski definition) is 4. The Kier molecular flexibility index (Phi) is 6.73. The van der Waals surface area contributed by atoms with Gasteiger partial charge in [0.05, 0.1) is 27.7 Å². The topological polar surface area (TPSA) is 57.8 Å². The summed E-state index contributed by atoms with van der Waals surface area (Å²) in [4.78, 5) is 20.2. The molecule has 3 aromatic rings. The molecule has 1 aromatic heterocycles. The van der Waals surface area contributed by atoms with E-state index in [-0.39, 0.29) is 11.3 Å². The molecule has 0 fully saturated rings. The van der Waals surface area contributed by atoms with E-state index >= 15 is 0 Å². The van der Waals surface area contributed by atoms with Gasteiger partial charge in [0, 0.05) is 17.3 Å². The lowest BCUT2D eigenvalue weighted by molar-refractivity contribution is -0.137. The molecule has 1 aliphatic rings. The SMILES string of the molecule is CN(C)CCCN=C1CC(c2ccc(C(F)(F)F)cc2)Cc2c1c(=O)c1cc(Cl)ccc1n2O. The number of nitrogens with zero attached hydrogens (tertiary/aromatic N) is 3. The van der Waals surface area contributed by atoms with Crippen LogP contribution in [0.1, 0.15) is 41.1 Å². The molecule has 5 nitrogen and oxygen atoms in total. The van der Waals surface area contributed by atoms with Crippen LogP contribution in [0.4, 0.5) is 13.2 Å². The third-order valence-electron chi connectivity index (χ3n) is 6.15. The lowest BCUT2D eigenvalue weighted by Crippen LogP contribution is -2.31. The summed E-state index contributed by atoms with van der Waals surface area (Å²) in [5.74, 6) is -0.232. The second-order valence-corrected chi connectivity index (χ2v) is 9.27. The molecule has 9 heteroatoms. The maximum absolute atomic E-state index is 13.4. The lowest BCUT2D eigenvalue weighted by Gasteiger charge is -2.28. The molecule has 1 unspecified atom stereocenters. The number of rotatable bonds is 5. The van der Waals surface area contributed by atoms with Crippen LogP contribution in [-0.2, 0) is 12.6 Å². The number of aromatic nitrogens is 1. The largest absolute Gasteiger partial charge is 0.428 e. The zero-order valence-corrected chi connectivity index (χ0v) is 19.6. The van der Waals surface area contributed by atoms with Crippen LogP contribution >= 0.6 is 11.6 Å². The van der Waals surface area contributed by atoms with Crippen molar-refractivity contribution in [3.63, 3.8) is 0 Å². The summed E-state index contributed by atoms with van der Waals surface area (Å²) in [6.45, 7) is 1.31. The summed E-state index contributed by atoms with van der Waals surface area (Å²) in [6, 6.07) is 9.74. The molecule has 4 rings (SSSR count).